The number of nitrogens with zero attached hydrogens (tertiary/aromatic N) is 3. The Kier molecular flexibility index (Phi) is 2.65. The first kappa shape index (κ1) is 10.9. The van der Waals surface area contributed by atoms with Crippen LogP contribution in [-0.4, -0.2) is 31.6 Å². The molecule has 1 aromatic heterocycles. The number of carbonyl (C=O) groups excluding carboxylic acids is 1. The lowest BCUT2D eigenvalue weighted by atomic mass is 10.1. The molecule has 0 aliphatic rings. The van der Waals surface area contributed by atoms with E-state index in [1.807, 2.05) is 0 Å². The molecule has 0 spiro atoms. The highest BCUT2D eigenvalue weighted by Gasteiger charge is 2.16. The normalized spacial score (nSPS) is 10.2. The molecule has 0 amide bonds. The molecule has 7 heteroatoms. The van der Waals surface area contributed by atoms with Crippen molar-refractivity contribution >= 4 is 11.8 Å². The van der Waals surface area contributed by atoms with Crippen LogP contribution in [-0.2, 0) is 4.79 Å². The molecular weight excluding hydrogens is 229 g/mol. The van der Waals surface area contributed by atoms with Gasteiger partial charge in [0.1, 0.15) is 24.2 Å². The van der Waals surface area contributed by atoms with Crippen molar-refractivity contribution in [2.24, 2.45) is 0 Å². The third kappa shape index (κ3) is 2.03. The van der Waals surface area contributed by atoms with Gasteiger partial charge < -0.3 is 5.11 Å². The Bertz CT molecular complexity index is 580. The van der Waals surface area contributed by atoms with E-state index in [9.17, 15) is 14.0 Å². The van der Waals surface area contributed by atoms with Crippen LogP contribution in [0.4, 0.5) is 4.39 Å². The molecule has 0 aliphatic heterocycles. The van der Waals surface area contributed by atoms with Gasteiger partial charge in [-0.3, -0.25) is 4.79 Å². The predicted molar refractivity (Wildman–Crippen MR) is 53.3 cm³/mol. The van der Waals surface area contributed by atoms with Gasteiger partial charge in [0.05, 0.1) is 0 Å². The third-order valence-electron chi connectivity index (χ3n) is 2.07. The van der Waals surface area contributed by atoms with E-state index in [4.69, 9.17) is 5.11 Å². The molecule has 0 atom stereocenters. The Labute approximate surface area is 94.3 Å². The standard InChI is InChI=1S/C10H6FN3O3/c11-7-3-6(9(15)10(16)17)1-2-8(7)14-5-12-4-13-14/h1-5H,(H,16,17). The number of benzene rings is 1. The number of aliphatic carboxylic acids is 1. The second-order valence-corrected chi connectivity index (χ2v) is 3.14. The van der Waals surface area contributed by atoms with E-state index in [0.29, 0.717) is 0 Å². The van der Waals surface area contributed by atoms with Crippen molar-refractivity contribution in [3.8, 4) is 5.69 Å². The first-order valence-electron chi connectivity index (χ1n) is 4.52. The molecule has 1 heterocycles. The van der Waals surface area contributed by atoms with Gasteiger partial charge in [0.2, 0.25) is 0 Å². The van der Waals surface area contributed by atoms with Crippen LogP contribution < -0.4 is 0 Å². The summed E-state index contributed by atoms with van der Waals surface area (Å²) in [6, 6.07) is 3.34. The number of carbonyl (C=O) groups is 2. The summed E-state index contributed by atoms with van der Waals surface area (Å²) < 4.78 is 14.8. The van der Waals surface area contributed by atoms with E-state index in [1.165, 1.54) is 29.5 Å². The average Bonchev–Trinajstić information content (AvgIpc) is 2.81. The fourth-order valence-corrected chi connectivity index (χ4v) is 1.29. The summed E-state index contributed by atoms with van der Waals surface area (Å²) in [5.41, 5.74) is -0.136. The molecule has 0 bridgehead atoms. The first-order valence-corrected chi connectivity index (χ1v) is 4.52. The van der Waals surface area contributed by atoms with Crippen molar-refractivity contribution in [1.82, 2.24) is 14.8 Å². The number of carboxylic acid groups (broad SMARTS) is 1. The Balaban J connectivity index is 2.42. The Morgan fingerprint density at radius 3 is 2.65 bits per heavy atom. The largest absolute Gasteiger partial charge is 0.475 e. The van der Waals surface area contributed by atoms with E-state index in [0.717, 1.165) is 6.07 Å². The summed E-state index contributed by atoms with van der Waals surface area (Å²) in [6.45, 7) is 0. The lowest BCUT2D eigenvalue weighted by Gasteiger charge is -2.03. The van der Waals surface area contributed by atoms with Crippen molar-refractivity contribution in [1.29, 1.82) is 0 Å². The van der Waals surface area contributed by atoms with Gasteiger partial charge in [-0.25, -0.2) is 18.9 Å². The topological polar surface area (TPSA) is 85.1 Å². The maximum absolute atomic E-state index is 13.6. The van der Waals surface area contributed by atoms with Gasteiger partial charge >= 0.3 is 5.97 Å². The van der Waals surface area contributed by atoms with Gasteiger partial charge in [0.15, 0.2) is 0 Å². The highest BCUT2D eigenvalue weighted by molar-refractivity contribution is 6.39. The monoisotopic (exact) mass is 235 g/mol. The van der Waals surface area contributed by atoms with Gasteiger partial charge in [-0.05, 0) is 18.2 Å². The number of aromatic nitrogens is 3. The average molecular weight is 235 g/mol. The number of halogens is 1. The second kappa shape index (κ2) is 4.12. The lowest BCUT2D eigenvalue weighted by Crippen LogP contribution is -2.13. The summed E-state index contributed by atoms with van der Waals surface area (Å²) in [6.07, 6.45) is 2.52. The molecule has 0 unspecified atom stereocenters. The van der Waals surface area contributed by atoms with Crippen LogP contribution in [0.5, 0.6) is 0 Å². The smallest absolute Gasteiger partial charge is 0.377 e. The van der Waals surface area contributed by atoms with Crippen molar-refractivity contribution < 1.29 is 19.1 Å². The van der Waals surface area contributed by atoms with Crippen LogP contribution in [0.3, 0.4) is 0 Å². The molecule has 1 N–H and O–H groups in total. The number of hydrogen-bond donors (Lipinski definition) is 1. The summed E-state index contributed by atoms with van der Waals surface area (Å²) in [4.78, 5) is 25.2. The molecule has 0 saturated carbocycles. The van der Waals surface area contributed by atoms with Crippen LogP contribution in [0.15, 0.2) is 30.9 Å². The van der Waals surface area contributed by atoms with E-state index in [-0.39, 0.29) is 11.3 Å². The predicted octanol–water partition coefficient (Wildman–Crippen LogP) is 0.674. The molecule has 0 radical (unpaired) electrons. The van der Waals surface area contributed by atoms with Crippen LogP contribution in [0.1, 0.15) is 10.4 Å². The second-order valence-electron chi connectivity index (χ2n) is 3.14. The Hall–Kier alpha value is -2.57. The van der Waals surface area contributed by atoms with E-state index in [2.05, 4.69) is 10.1 Å². The Morgan fingerprint density at radius 2 is 2.12 bits per heavy atom. The van der Waals surface area contributed by atoms with Gasteiger partial charge in [0.25, 0.3) is 5.78 Å². The van der Waals surface area contributed by atoms with Crippen molar-refractivity contribution in [2.75, 3.05) is 0 Å². The van der Waals surface area contributed by atoms with Crippen molar-refractivity contribution in [3.63, 3.8) is 0 Å². The van der Waals surface area contributed by atoms with Crippen molar-refractivity contribution in [2.45, 2.75) is 0 Å². The fourth-order valence-electron chi connectivity index (χ4n) is 1.29. The lowest BCUT2D eigenvalue weighted by molar-refractivity contribution is -0.131. The minimum atomic E-state index is -1.63. The third-order valence-corrected chi connectivity index (χ3v) is 2.07. The van der Waals surface area contributed by atoms with Crippen molar-refractivity contribution in [3.05, 3.63) is 42.2 Å². The van der Waals surface area contributed by atoms with Crippen LogP contribution in [0.25, 0.3) is 5.69 Å². The maximum Gasteiger partial charge on any atom is 0.377 e. The molecular formula is C10H6FN3O3. The van der Waals surface area contributed by atoms with Gasteiger partial charge in [-0.1, -0.05) is 0 Å². The van der Waals surface area contributed by atoms with Crippen LogP contribution in [0.2, 0.25) is 0 Å². The molecule has 0 fully saturated rings. The summed E-state index contributed by atoms with van der Waals surface area (Å²) >= 11 is 0. The molecule has 2 aromatic rings. The number of carboxylic acids is 1. The number of hydrogen-bond acceptors (Lipinski definition) is 4. The highest BCUT2D eigenvalue weighted by atomic mass is 19.1. The summed E-state index contributed by atoms with van der Waals surface area (Å²) in [5.74, 6) is -3.53. The fraction of sp³-hybridized carbons (Fsp3) is 0. The minimum Gasteiger partial charge on any atom is -0.475 e. The Morgan fingerprint density at radius 1 is 1.35 bits per heavy atom. The number of rotatable bonds is 3. The van der Waals surface area contributed by atoms with E-state index < -0.39 is 17.6 Å². The summed E-state index contributed by atoms with van der Waals surface area (Å²) in [5, 5.41) is 12.2. The zero-order valence-electron chi connectivity index (χ0n) is 8.37. The SMILES string of the molecule is O=C(O)C(=O)c1ccc(-n2cncn2)c(F)c1. The zero-order valence-corrected chi connectivity index (χ0v) is 8.37. The molecule has 6 nitrogen and oxygen atoms in total. The molecule has 17 heavy (non-hydrogen) atoms. The van der Waals surface area contributed by atoms with Gasteiger partial charge in [-0.2, -0.15) is 5.10 Å². The number of Topliss-reactive ketones (excluding diaryl/α,β-unsaturated/α-hetero) is 1. The minimum absolute atomic E-state index is 0.0874. The molecule has 2 rings (SSSR count). The molecule has 0 saturated heterocycles. The van der Waals surface area contributed by atoms with E-state index >= 15 is 0 Å². The first-order chi connectivity index (χ1) is 8.09. The van der Waals surface area contributed by atoms with Gasteiger partial charge in [0, 0.05) is 5.56 Å². The van der Waals surface area contributed by atoms with E-state index in [1.54, 1.807) is 0 Å². The highest BCUT2D eigenvalue weighted by Crippen LogP contribution is 2.14. The molecule has 86 valence electrons. The molecule has 0 aliphatic carbocycles. The maximum atomic E-state index is 13.6. The summed E-state index contributed by atoms with van der Waals surface area (Å²) in [7, 11) is 0. The van der Waals surface area contributed by atoms with Crippen LogP contribution in [0, 0.1) is 5.82 Å². The zero-order chi connectivity index (χ0) is 12.4. The molecule has 1 aromatic carbocycles. The van der Waals surface area contributed by atoms with Gasteiger partial charge in [-0.15, -0.1) is 0 Å². The number of ketones is 1. The quantitative estimate of drug-likeness (QED) is 0.624. The van der Waals surface area contributed by atoms with Crippen LogP contribution >= 0.6 is 0 Å².